The van der Waals surface area contributed by atoms with Crippen molar-refractivity contribution in [1.82, 2.24) is 9.13 Å². The summed E-state index contributed by atoms with van der Waals surface area (Å²) in [7, 11) is 2.19. The number of likely N-dealkylation sites (N-methyl/N-ethyl adjacent to an activating group) is 1. The number of halogens is 1. The number of aromatic nitrogens is 2. The van der Waals surface area contributed by atoms with Crippen molar-refractivity contribution in [2.45, 2.75) is 20.4 Å². The van der Waals surface area contributed by atoms with Gasteiger partial charge in [-0.25, -0.2) is 9.36 Å². The van der Waals surface area contributed by atoms with E-state index in [2.05, 4.69) is 20.9 Å². The van der Waals surface area contributed by atoms with Crippen molar-refractivity contribution in [3.8, 4) is 5.69 Å². The van der Waals surface area contributed by atoms with Crippen LogP contribution in [0.1, 0.15) is 13.8 Å². The van der Waals surface area contributed by atoms with E-state index in [4.69, 9.17) is 0 Å². The van der Waals surface area contributed by atoms with Crippen molar-refractivity contribution in [1.29, 1.82) is 0 Å². The molecule has 0 aliphatic rings. The molecule has 0 N–H and O–H groups in total. The molecule has 0 aliphatic heterocycles. The van der Waals surface area contributed by atoms with Gasteiger partial charge in [0, 0.05) is 0 Å². The third kappa shape index (κ3) is 4.16. The molecule has 27 heavy (non-hydrogen) atoms. The second-order valence-electron chi connectivity index (χ2n) is 6.90. The largest absolute Gasteiger partial charge is 1.00 e. The number of nitrogens with zero attached hydrogens (tertiary/aromatic N) is 3. The second-order valence-corrected chi connectivity index (χ2v) is 6.90. The number of hydrogen-bond acceptors (Lipinski definition) is 2. The maximum absolute atomic E-state index is 13.2. The normalized spacial score (nSPS) is 11.4. The van der Waals surface area contributed by atoms with Crippen LogP contribution in [0.5, 0.6) is 0 Å². The minimum atomic E-state index is -0.279. The predicted octanol–water partition coefficient (Wildman–Crippen LogP) is -0.357. The molecule has 0 unspecified atom stereocenters. The highest BCUT2D eigenvalue weighted by molar-refractivity contribution is 5.78. The van der Waals surface area contributed by atoms with E-state index in [9.17, 15) is 9.59 Å². The number of benzene rings is 2. The average molecular weight is 479 g/mol. The Hall–Kier alpha value is -1.93. The highest BCUT2D eigenvalue weighted by atomic mass is 127. The monoisotopic (exact) mass is 479 g/mol. The maximum atomic E-state index is 13.2. The van der Waals surface area contributed by atoms with E-state index in [-0.39, 0.29) is 35.2 Å². The molecule has 1 heterocycles. The molecule has 0 fully saturated rings. The van der Waals surface area contributed by atoms with Crippen molar-refractivity contribution < 1.29 is 28.5 Å². The Labute approximate surface area is 176 Å². The zero-order chi connectivity index (χ0) is 18.7. The van der Waals surface area contributed by atoms with Gasteiger partial charge in [-0.05, 0) is 38.1 Å². The van der Waals surface area contributed by atoms with Gasteiger partial charge < -0.3 is 28.5 Å². The first-order chi connectivity index (χ1) is 12.5. The van der Waals surface area contributed by atoms with E-state index in [1.54, 1.807) is 22.8 Å². The number of fused-ring (bicyclic) bond motifs is 1. The summed E-state index contributed by atoms with van der Waals surface area (Å²) >= 11 is 0. The molecule has 0 amide bonds. The summed E-state index contributed by atoms with van der Waals surface area (Å²) in [5, 5.41) is 0.568. The van der Waals surface area contributed by atoms with Crippen LogP contribution in [-0.2, 0) is 6.54 Å². The number of quaternary nitrogens is 1. The molecule has 0 spiro atoms. The quantitative estimate of drug-likeness (QED) is 0.358. The van der Waals surface area contributed by atoms with Gasteiger partial charge in [0.25, 0.3) is 5.56 Å². The molecule has 0 saturated carbocycles. The van der Waals surface area contributed by atoms with Gasteiger partial charge >= 0.3 is 5.69 Å². The van der Waals surface area contributed by atoms with Gasteiger partial charge in [0.15, 0.2) is 0 Å². The molecule has 5 nitrogen and oxygen atoms in total. The van der Waals surface area contributed by atoms with E-state index in [0.29, 0.717) is 23.1 Å². The molecule has 144 valence electrons. The lowest BCUT2D eigenvalue weighted by Crippen LogP contribution is -3.00. The fourth-order valence-electron chi connectivity index (χ4n) is 3.22. The van der Waals surface area contributed by atoms with Crippen LogP contribution in [-0.4, -0.2) is 40.3 Å². The molecule has 2 aromatic carbocycles. The summed E-state index contributed by atoms with van der Waals surface area (Å²) in [6.07, 6.45) is 0. The molecule has 0 atom stereocenters. The van der Waals surface area contributed by atoms with Crippen LogP contribution < -0.4 is 35.2 Å². The summed E-state index contributed by atoms with van der Waals surface area (Å²) in [6, 6.07) is 16.5. The molecular formula is C21H26IN3O2. The van der Waals surface area contributed by atoms with E-state index >= 15 is 0 Å². The Balaban J connectivity index is 0.00000261. The van der Waals surface area contributed by atoms with Crippen LogP contribution >= 0.6 is 0 Å². The number of rotatable bonds is 6. The van der Waals surface area contributed by atoms with Gasteiger partial charge in [-0.1, -0.05) is 30.3 Å². The van der Waals surface area contributed by atoms with Gasteiger partial charge in [0.05, 0.1) is 49.8 Å². The smallest absolute Gasteiger partial charge is 0.336 e. The minimum absolute atomic E-state index is 0. The van der Waals surface area contributed by atoms with Crippen molar-refractivity contribution in [2.24, 2.45) is 0 Å². The summed E-state index contributed by atoms with van der Waals surface area (Å²) in [4.78, 5) is 26.2. The van der Waals surface area contributed by atoms with E-state index in [1.807, 2.05) is 36.4 Å². The standard InChI is InChI=1S/C21H26N3O2.HI/c1-4-24(3,5-2)16-15-22-19-14-10-9-13-18(19)20(25)23(21(22)26)17-11-7-6-8-12-17;/h6-14H,4-5,15-16H2,1-3H3;1H/q+1;/p-1. The van der Waals surface area contributed by atoms with Crippen LogP contribution in [0.2, 0.25) is 0 Å². The number of para-hydroxylation sites is 2. The molecule has 6 heteroatoms. The Morgan fingerprint density at radius 1 is 0.889 bits per heavy atom. The molecule has 3 rings (SSSR count). The summed E-state index contributed by atoms with van der Waals surface area (Å²) in [5.74, 6) is 0. The number of hydrogen-bond donors (Lipinski definition) is 0. The van der Waals surface area contributed by atoms with Crippen LogP contribution in [0, 0.1) is 0 Å². The van der Waals surface area contributed by atoms with Crippen molar-refractivity contribution >= 4 is 10.9 Å². The van der Waals surface area contributed by atoms with E-state index in [0.717, 1.165) is 24.1 Å². The highest BCUT2D eigenvalue weighted by Gasteiger charge is 2.19. The first-order valence-electron chi connectivity index (χ1n) is 9.14. The summed E-state index contributed by atoms with van der Waals surface area (Å²) < 4.78 is 3.90. The third-order valence-electron chi connectivity index (χ3n) is 5.46. The summed E-state index contributed by atoms with van der Waals surface area (Å²) in [6.45, 7) is 7.74. The maximum Gasteiger partial charge on any atom is 0.336 e. The lowest BCUT2D eigenvalue weighted by molar-refractivity contribution is -0.906. The van der Waals surface area contributed by atoms with Crippen molar-refractivity contribution in [2.75, 3.05) is 26.7 Å². The molecule has 3 aromatic rings. The average Bonchev–Trinajstić information content (AvgIpc) is 2.68. The Morgan fingerprint density at radius 2 is 1.48 bits per heavy atom. The zero-order valence-corrected chi connectivity index (χ0v) is 18.2. The fraction of sp³-hybridized carbons (Fsp3) is 0.333. The van der Waals surface area contributed by atoms with Gasteiger partial charge in [0.1, 0.15) is 0 Å². The molecule has 0 radical (unpaired) electrons. The van der Waals surface area contributed by atoms with Crippen LogP contribution in [0.25, 0.3) is 16.6 Å². The van der Waals surface area contributed by atoms with Crippen molar-refractivity contribution in [3.05, 3.63) is 75.4 Å². The van der Waals surface area contributed by atoms with Gasteiger partial charge in [-0.2, -0.15) is 0 Å². The molecule has 1 aromatic heterocycles. The Morgan fingerprint density at radius 3 is 2.11 bits per heavy atom. The Kier molecular flexibility index (Phi) is 7.00. The van der Waals surface area contributed by atoms with Crippen LogP contribution in [0.15, 0.2) is 64.2 Å². The molecule has 0 aliphatic carbocycles. The molecule has 0 saturated heterocycles. The molecule has 0 bridgehead atoms. The first kappa shape index (κ1) is 21.4. The van der Waals surface area contributed by atoms with Crippen LogP contribution in [0.3, 0.4) is 0 Å². The highest BCUT2D eigenvalue weighted by Crippen LogP contribution is 2.11. The first-order valence-corrected chi connectivity index (χ1v) is 9.14. The van der Waals surface area contributed by atoms with Gasteiger partial charge in [-0.15, -0.1) is 0 Å². The Bertz CT molecular complexity index is 1020. The second kappa shape index (κ2) is 8.84. The topological polar surface area (TPSA) is 44.0 Å². The fourth-order valence-corrected chi connectivity index (χ4v) is 3.22. The molecular weight excluding hydrogens is 453 g/mol. The lowest BCUT2D eigenvalue weighted by Gasteiger charge is -2.32. The summed E-state index contributed by atoms with van der Waals surface area (Å²) in [5.41, 5.74) is 0.758. The van der Waals surface area contributed by atoms with Gasteiger partial charge in [0.2, 0.25) is 0 Å². The SMILES string of the molecule is CC[N+](C)(CC)CCn1c(=O)n(-c2ccccc2)c(=O)c2ccccc21.[I-]. The zero-order valence-electron chi connectivity index (χ0n) is 16.1. The third-order valence-corrected chi connectivity index (χ3v) is 5.46. The minimum Gasteiger partial charge on any atom is -1.00 e. The van der Waals surface area contributed by atoms with Crippen LogP contribution in [0.4, 0.5) is 0 Å². The van der Waals surface area contributed by atoms with Gasteiger partial charge in [-0.3, -0.25) is 9.36 Å². The lowest BCUT2D eigenvalue weighted by atomic mass is 10.2. The van der Waals surface area contributed by atoms with E-state index < -0.39 is 0 Å². The predicted molar refractivity (Wildman–Crippen MR) is 106 cm³/mol. The van der Waals surface area contributed by atoms with E-state index in [1.165, 1.54) is 4.57 Å². The van der Waals surface area contributed by atoms with Crippen molar-refractivity contribution in [3.63, 3.8) is 0 Å².